The van der Waals surface area contributed by atoms with Crippen LogP contribution in [-0.2, 0) is 27.3 Å². The monoisotopic (exact) mass is 747 g/mol. The maximum Gasteiger partial charge on any atom is 0.258 e. The summed E-state index contributed by atoms with van der Waals surface area (Å²) in [7, 11) is 0. The fourth-order valence-electron chi connectivity index (χ4n) is 7.91. The zero-order valence-corrected chi connectivity index (χ0v) is 30.4. The quantitative estimate of drug-likeness (QED) is 0.126. The number of rotatable bonds is 10. The second-order valence-electron chi connectivity index (χ2n) is 14.6. The third kappa shape index (κ3) is 8.37. The number of hydrogen-bond donors (Lipinski definition) is 4. The van der Waals surface area contributed by atoms with Gasteiger partial charge in [0.05, 0.1) is 17.0 Å². The molecule has 1 unspecified atom stereocenters. The van der Waals surface area contributed by atoms with Crippen LogP contribution in [0.15, 0.2) is 78.9 Å². The Balaban J connectivity index is 0.973. The number of aromatic nitrogens is 2. The van der Waals surface area contributed by atoms with Crippen molar-refractivity contribution < 1.29 is 27.9 Å². The summed E-state index contributed by atoms with van der Waals surface area (Å²) < 4.78 is 33.3. The first-order chi connectivity index (χ1) is 26.8. The van der Waals surface area contributed by atoms with E-state index in [2.05, 4.69) is 48.1 Å². The van der Waals surface area contributed by atoms with Crippen LogP contribution < -0.4 is 20.9 Å². The molecule has 1 atom stereocenters. The van der Waals surface area contributed by atoms with Crippen LogP contribution in [0.25, 0.3) is 10.9 Å². The van der Waals surface area contributed by atoms with Crippen LogP contribution in [0.5, 0.6) is 0 Å². The lowest BCUT2D eigenvalue weighted by atomic mass is 9.87. The van der Waals surface area contributed by atoms with Crippen molar-refractivity contribution in [2.24, 2.45) is 0 Å². The van der Waals surface area contributed by atoms with Crippen LogP contribution >= 0.6 is 0 Å². The van der Waals surface area contributed by atoms with Gasteiger partial charge in [-0.25, -0.2) is 8.78 Å². The molecule has 4 heterocycles. The second-order valence-corrected chi connectivity index (χ2v) is 14.6. The number of fused-ring (bicyclic) bond motifs is 1. The van der Waals surface area contributed by atoms with Gasteiger partial charge >= 0.3 is 0 Å². The van der Waals surface area contributed by atoms with E-state index in [0.717, 1.165) is 78.7 Å². The van der Waals surface area contributed by atoms with Crippen LogP contribution in [0.1, 0.15) is 64.2 Å². The number of H-pyrrole nitrogens is 1. The number of amides is 3. The first-order valence-electron chi connectivity index (χ1n) is 18.9. The first-order valence-corrected chi connectivity index (χ1v) is 18.9. The Hall–Kier alpha value is -5.66. The fourth-order valence-corrected chi connectivity index (χ4v) is 7.91. The van der Waals surface area contributed by atoms with Gasteiger partial charge in [-0.2, -0.15) is 5.10 Å². The van der Waals surface area contributed by atoms with E-state index in [1.165, 1.54) is 12.1 Å². The number of nitrogens with zero attached hydrogens (tertiary/aromatic N) is 3. The van der Waals surface area contributed by atoms with E-state index in [1.807, 2.05) is 48.5 Å². The normalized spacial score (nSPS) is 18.4. The molecule has 11 nitrogen and oxygen atoms in total. The molecular formula is C42H43F2N7O4. The summed E-state index contributed by atoms with van der Waals surface area (Å²) in [6, 6.07) is 23.1. The zero-order valence-electron chi connectivity index (χ0n) is 30.4. The Labute approximate surface area is 317 Å². The molecule has 4 N–H and O–H groups in total. The van der Waals surface area contributed by atoms with Gasteiger partial charge in [0.2, 0.25) is 11.8 Å². The maximum atomic E-state index is 14.0. The molecule has 0 aliphatic carbocycles. The van der Waals surface area contributed by atoms with Crippen LogP contribution in [0.2, 0.25) is 0 Å². The third-order valence-electron chi connectivity index (χ3n) is 10.8. The molecule has 3 fully saturated rings. The molecule has 3 saturated heterocycles. The predicted octanol–water partition coefficient (Wildman–Crippen LogP) is 6.12. The Morgan fingerprint density at radius 2 is 1.65 bits per heavy atom. The summed E-state index contributed by atoms with van der Waals surface area (Å²) in [5.74, 6) is -1.97. The van der Waals surface area contributed by atoms with Crippen LogP contribution in [0.4, 0.5) is 26.0 Å². The topological polar surface area (TPSA) is 132 Å². The lowest BCUT2D eigenvalue weighted by Crippen LogP contribution is -2.46. The first kappa shape index (κ1) is 36.3. The van der Waals surface area contributed by atoms with Gasteiger partial charge in [0.15, 0.2) is 5.82 Å². The minimum Gasteiger partial charge on any atom is -0.381 e. The molecule has 55 heavy (non-hydrogen) atoms. The highest BCUT2D eigenvalue weighted by molar-refractivity contribution is 6.11. The van der Waals surface area contributed by atoms with Gasteiger partial charge < -0.3 is 20.3 Å². The largest absolute Gasteiger partial charge is 0.381 e. The van der Waals surface area contributed by atoms with Crippen molar-refractivity contribution in [3.05, 3.63) is 118 Å². The van der Waals surface area contributed by atoms with E-state index < -0.39 is 11.6 Å². The maximum absolute atomic E-state index is 14.0. The fraction of sp³-hybridized carbons (Fsp3) is 0.333. The minimum atomic E-state index is -0.629. The number of nitrogens with one attached hydrogen (secondary N) is 4. The van der Waals surface area contributed by atoms with E-state index in [4.69, 9.17) is 4.74 Å². The smallest absolute Gasteiger partial charge is 0.258 e. The molecule has 1 aromatic heterocycles. The van der Waals surface area contributed by atoms with E-state index in [9.17, 15) is 23.2 Å². The number of piperidine rings is 1. The number of piperazine rings is 1. The van der Waals surface area contributed by atoms with Gasteiger partial charge in [-0.05, 0) is 90.4 Å². The SMILES string of the molecule is O=C1CCC(c2ccccc2CN2CCN(c3ccc(C(=O)Nc4n[nH]c5ccc(Cc6cc(F)cc(F)c6)cc45)c(NC4CCOCC4)c3)CC2)C(=O)N1. The summed E-state index contributed by atoms with van der Waals surface area (Å²) in [6.07, 6.45) is 2.83. The summed E-state index contributed by atoms with van der Waals surface area (Å²) in [4.78, 5) is 43.1. The molecule has 4 aromatic carbocycles. The summed E-state index contributed by atoms with van der Waals surface area (Å²) in [6.45, 7) is 5.21. The van der Waals surface area contributed by atoms with E-state index in [0.29, 0.717) is 61.4 Å². The van der Waals surface area contributed by atoms with Crippen molar-refractivity contribution in [3.63, 3.8) is 0 Å². The lowest BCUT2D eigenvalue weighted by molar-refractivity contribution is -0.134. The van der Waals surface area contributed by atoms with E-state index in [1.54, 1.807) is 0 Å². The van der Waals surface area contributed by atoms with Gasteiger partial charge in [-0.3, -0.25) is 29.7 Å². The van der Waals surface area contributed by atoms with Crippen molar-refractivity contribution in [3.8, 4) is 0 Å². The zero-order chi connectivity index (χ0) is 37.9. The molecule has 284 valence electrons. The minimum absolute atomic E-state index is 0.151. The lowest BCUT2D eigenvalue weighted by Gasteiger charge is -2.37. The summed E-state index contributed by atoms with van der Waals surface area (Å²) in [5.41, 5.74) is 6.36. The van der Waals surface area contributed by atoms with Gasteiger partial charge in [-0.15, -0.1) is 0 Å². The molecule has 5 aromatic rings. The number of carbonyl (C=O) groups is 3. The number of carbonyl (C=O) groups excluding carboxylic acids is 3. The highest BCUT2D eigenvalue weighted by Gasteiger charge is 2.30. The van der Waals surface area contributed by atoms with E-state index in [-0.39, 0.29) is 29.7 Å². The van der Waals surface area contributed by atoms with Crippen LogP contribution in [0.3, 0.4) is 0 Å². The molecular weight excluding hydrogens is 705 g/mol. The highest BCUT2D eigenvalue weighted by atomic mass is 19.1. The van der Waals surface area contributed by atoms with Gasteiger partial charge in [0.1, 0.15) is 11.6 Å². The molecule has 0 bridgehead atoms. The molecule has 0 saturated carbocycles. The predicted molar refractivity (Wildman–Crippen MR) is 206 cm³/mol. The highest BCUT2D eigenvalue weighted by Crippen LogP contribution is 2.31. The number of anilines is 3. The Morgan fingerprint density at radius 1 is 0.873 bits per heavy atom. The number of benzene rings is 4. The molecule has 8 rings (SSSR count). The molecule has 3 aliphatic heterocycles. The average Bonchev–Trinajstić information content (AvgIpc) is 3.57. The summed E-state index contributed by atoms with van der Waals surface area (Å²) >= 11 is 0. The number of imide groups is 1. The van der Waals surface area contributed by atoms with Gasteiger partial charge in [-0.1, -0.05) is 30.3 Å². The number of halogens is 2. The van der Waals surface area contributed by atoms with Crippen molar-refractivity contribution in [1.29, 1.82) is 0 Å². The van der Waals surface area contributed by atoms with E-state index >= 15 is 0 Å². The van der Waals surface area contributed by atoms with Crippen molar-refractivity contribution in [1.82, 2.24) is 20.4 Å². The number of ether oxygens (including phenoxy) is 1. The third-order valence-corrected chi connectivity index (χ3v) is 10.8. The van der Waals surface area contributed by atoms with Crippen molar-refractivity contribution in [2.75, 3.05) is 54.9 Å². The van der Waals surface area contributed by atoms with Crippen molar-refractivity contribution in [2.45, 2.75) is 50.6 Å². The molecule has 3 amide bonds. The van der Waals surface area contributed by atoms with Gasteiger partial charge in [0.25, 0.3) is 5.91 Å². The average molecular weight is 748 g/mol. The number of aromatic amines is 1. The van der Waals surface area contributed by atoms with Crippen LogP contribution in [-0.4, -0.2) is 78.3 Å². The molecule has 13 heteroatoms. The molecule has 0 radical (unpaired) electrons. The second kappa shape index (κ2) is 16.0. The Morgan fingerprint density at radius 3 is 2.44 bits per heavy atom. The van der Waals surface area contributed by atoms with Crippen molar-refractivity contribution >= 4 is 45.8 Å². The summed E-state index contributed by atoms with van der Waals surface area (Å²) in [5, 5.41) is 17.2. The Kier molecular flexibility index (Phi) is 10.6. The van der Waals surface area contributed by atoms with Crippen LogP contribution in [0, 0.1) is 11.6 Å². The molecule has 3 aliphatic rings. The van der Waals surface area contributed by atoms with Gasteiger partial charge in [0, 0.05) is 81.2 Å². The molecule has 0 spiro atoms. The Bertz CT molecular complexity index is 2210. The number of hydrogen-bond acceptors (Lipinski definition) is 8. The standard InChI is InChI=1S/C42H43F2N7O4/c43-29-20-27(21-30(44)23-29)19-26-5-9-37-36(22-26)40(49-48-37)47-42(54)35-7-6-32(24-38(35)45-31-11-17-55-18-12-31)51-15-13-50(14-16-51)25-28-3-1-2-4-33(28)34-8-10-39(52)46-41(34)53/h1-7,9,20-24,31,34,45H,8,10-19,25H2,(H,46,52,53)(H2,47,48,49,54).